The molecule has 2 fully saturated rings. The van der Waals surface area contributed by atoms with E-state index >= 15 is 0 Å². The summed E-state index contributed by atoms with van der Waals surface area (Å²) >= 11 is 0. The van der Waals surface area contributed by atoms with E-state index in [2.05, 4.69) is 41.1 Å². The molecule has 0 spiro atoms. The quantitative estimate of drug-likeness (QED) is 0.904. The zero-order valence-corrected chi connectivity index (χ0v) is 12.6. The fourth-order valence-electron chi connectivity index (χ4n) is 2.96. The molecule has 2 aliphatic heterocycles. The van der Waals surface area contributed by atoms with E-state index in [1.807, 2.05) is 0 Å². The lowest BCUT2D eigenvalue weighted by atomic mass is 10.0. The Morgan fingerprint density at radius 2 is 2.00 bits per heavy atom. The van der Waals surface area contributed by atoms with Crippen molar-refractivity contribution in [3.8, 4) is 0 Å². The van der Waals surface area contributed by atoms with Crippen LogP contribution in [-0.4, -0.2) is 47.3 Å². The molecule has 1 aromatic heterocycles. The second kappa shape index (κ2) is 5.42. The molecule has 112 valence electrons. The first kappa shape index (κ1) is 14.0. The summed E-state index contributed by atoms with van der Waals surface area (Å²) in [6, 6.07) is 0. The molecule has 6 heteroatoms. The highest BCUT2D eigenvalue weighted by molar-refractivity contribution is 5.04. The Hall–Kier alpha value is -0.980. The highest BCUT2D eigenvalue weighted by atomic mass is 16.5. The Morgan fingerprint density at radius 3 is 2.65 bits per heavy atom. The monoisotopic (exact) mass is 280 g/mol. The summed E-state index contributed by atoms with van der Waals surface area (Å²) in [5.74, 6) is 1.39. The van der Waals surface area contributed by atoms with E-state index in [1.54, 1.807) is 0 Å². The minimum Gasteiger partial charge on any atom is -0.365 e. The molecule has 2 unspecified atom stereocenters. The summed E-state index contributed by atoms with van der Waals surface area (Å²) < 4.78 is 11.2. The zero-order valence-electron chi connectivity index (χ0n) is 12.6. The predicted octanol–water partition coefficient (Wildman–Crippen LogP) is 1.45. The Bertz CT molecular complexity index is 454. The van der Waals surface area contributed by atoms with E-state index in [4.69, 9.17) is 9.26 Å². The molecule has 2 saturated heterocycles. The van der Waals surface area contributed by atoms with Gasteiger partial charge in [0.2, 0.25) is 0 Å². The maximum atomic E-state index is 5.80. The van der Waals surface area contributed by atoms with E-state index in [-0.39, 0.29) is 17.7 Å². The van der Waals surface area contributed by atoms with Gasteiger partial charge in [0.1, 0.15) is 6.10 Å². The fraction of sp³-hybridized carbons (Fsp3) is 0.857. The van der Waals surface area contributed by atoms with Crippen molar-refractivity contribution in [3.05, 3.63) is 11.7 Å². The largest absolute Gasteiger partial charge is 0.365 e. The van der Waals surface area contributed by atoms with Gasteiger partial charge in [0.15, 0.2) is 5.82 Å². The molecule has 6 nitrogen and oxygen atoms in total. The number of piperazine rings is 1. The Morgan fingerprint density at radius 1 is 1.25 bits per heavy atom. The molecule has 0 saturated carbocycles. The maximum Gasteiger partial charge on any atom is 0.255 e. The van der Waals surface area contributed by atoms with E-state index < -0.39 is 0 Å². The first-order valence-electron chi connectivity index (χ1n) is 7.52. The molecule has 0 aromatic carbocycles. The summed E-state index contributed by atoms with van der Waals surface area (Å²) in [5.41, 5.74) is -0.200. The standard InChI is InChI=1S/C14H24N4O2/c1-10-4-5-11(19-10)12-16-13(17-20-12)14(2,3)18-8-6-15-7-9-18/h10-11,15H,4-9H2,1-3H3. The van der Waals surface area contributed by atoms with Crippen LogP contribution >= 0.6 is 0 Å². The molecule has 0 bridgehead atoms. The van der Waals surface area contributed by atoms with Gasteiger partial charge in [-0.25, -0.2) is 0 Å². The number of hydrogen-bond donors (Lipinski definition) is 1. The van der Waals surface area contributed by atoms with Crippen LogP contribution in [0.1, 0.15) is 51.4 Å². The number of ether oxygens (including phenoxy) is 1. The average molecular weight is 280 g/mol. The lowest BCUT2D eigenvalue weighted by Crippen LogP contribution is -2.52. The van der Waals surface area contributed by atoms with Crippen LogP contribution in [0.3, 0.4) is 0 Å². The SMILES string of the molecule is CC1CCC(c2nc(C(C)(C)N3CCNCC3)no2)O1. The molecule has 3 rings (SSSR count). The van der Waals surface area contributed by atoms with E-state index in [9.17, 15) is 0 Å². The lowest BCUT2D eigenvalue weighted by Gasteiger charge is -2.38. The van der Waals surface area contributed by atoms with Crippen molar-refractivity contribution >= 4 is 0 Å². The third kappa shape index (κ3) is 2.60. The van der Waals surface area contributed by atoms with Crippen LogP contribution in [0.25, 0.3) is 0 Å². The molecule has 0 amide bonds. The highest BCUT2D eigenvalue weighted by Gasteiger charge is 2.36. The van der Waals surface area contributed by atoms with Crippen molar-refractivity contribution in [2.45, 2.75) is 51.4 Å². The molecule has 1 aromatic rings. The van der Waals surface area contributed by atoms with E-state index in [0.717, 1.165) is 44.8 Å². The van der Waals surface area contributed by atoms with Crippen LogP contribution in [-0.2, 0) is 10.3 Å². The summed E-state index contributed by atoms with van der Waals surface area (Å²) in [4.78, 5) is 7.01. The molecule has 0 radical (unpaired) electrons. The smallest absolute Gasteiger partial charge is 0.255 e. The van der Waals surface area contributed by atoms with Crippen molar-refractivity contribution in [2.75, 3.05) is 26.2 Å². The van der Waals surface area contributed by atoms with Gasteiger partial charge in [-0.2, -0.15) is 4.98 Å². The minimum absolute atomic E-state index is 0.0231. The molecule has 1 N–H and O–H groups in total. The third-order valence-electron chi connectivity index (χ3n) is 4.40. The number of aromatic nitrogens is 2. The zero-order chi connectivity index (χ0) is 14.2. The maximum absolute atomic E-state index is 5.80. The molecule has 2 aliphatic rings. The van der Waals surface area contributed by atoms with Gasteiger partial charge < -0.3 is 14.6 Å². The van der Waals surface area contributed by atoms with E-state index in [0.29, 0.717) is 5.89 Å². The van der Waals surface area contributed by atoms with Crippen LogP contribution in [0, 0.1) is 0 Å². The first-order chi connectivity index (χ1) is 9.57. The van der Waals surface area contributed by atoms with Crippen LogP contribution in [0.4, 0.5) is 0 Å². The van der Waals surface area contributed by atoms with Crippen molar-refractivity contribution in [2.24, 2.45) is 0 Å². The van der Waals surface area contributed by atoms with Crippen LogP contribution in [0.15, 0.2) is 4.52 Å². The first-order valence-corrected chi connectivity index (χ1v) is 7.52. The molecule has 0 aliphatic carbocycles. The molecular weight excluding hydrogens is 256 g/mol. The molecule has 2 atom stereocenters. The Kier molecular flexibility index (Phi) is 3.79. The van der Waals surface area contributed by atoms with E-state index in [1.165, 1.54) is 0 Å². The Balaban J connectivity index is 1.74. The summed E-state index contributed by atoms with van der Waals surface area (Å²) in [6.45, 7) is 10.4. The van der Waals surface area contributed by atoms with Gasteiger partial charge in [-0.3, -0.25) is 4.90 Å². The molecule has 3 heterocycles. The number of rotatable bonds is 3. The summed E-state index contributed by atoms with van der Waals surface area (Å²) in [5, 5.41) is 7.57. The van der Waals surface area contributed by atoms with Gasteiger partial charge in [0.05, 0.1) is 11.6 Å². The number of nitrogens with zero attached hydrogens (tertiary/aromatic N) is 3. The lowest BCUT2D eigenvalue weighted by molar-refractivity contribution is 0.0355. The third-order valence-corrected chi connectivity index (χ3v) is 4.40. The average Bonchev–Trinajstić information content (AvgIpc) is 3.08. The van der Waals surface area contributed by atoms with Gasteiger partial charge in [0, 0.05) is 26.2 Å². The fourth-order valence-corrected chi connectivity index (χ4v) is 2.96. The minimum atomic E-state index is -0.200. The van der Waals surface area contributed by atoms with Gasteiger partial charge >= 0.3 is 0 Å². The highest BCUT2D eigenvalue weighted by Crippen LogP contribution is 2.33. The van der Waals surface area contributed by atoms with Crippen molar-refractivity contribution in [1.29, 1.82) is 0 Å². The van der Waals surface area contributed by atoms with Crippen molar-refractivity contribution < 1.29 is 9.26 Å². The van der Waals surface area contributed by atoms with Crippen LogP contribution in [0.5, 0.6) is 0 Å². The van der Waals surface area contributed by atoms with Gasteiger partial charge in [0.25, 0.3) is 5.89 Å². The van der Waals surface area contributed by atoms with Crippen molar-refractivity contribution in [3.63, 3.8) is 0 Å². The Labute approximate surface area is 119 Å². The van der Waals surface area contributed by atoms with Crippen LogP contribution < -0.4 is 5.32 Å². The topological polar surface area (TPSA) is 63.4 Å². The van der Waals surface area contributed by atoms with Crippen LogP contribution in [0.2, 0.25) is 0 Å². The summed E-state index contributed by atoms with van der Waals surface area (Å²) in [7, 11) is 0. The van der Waals surface area contributed by atoms with Crippen molar-refractivity contribution in [1.82, 2.24) is 20.4 Å². The molecular formula is C14H24N4O2. The van der Waals surface area contributed by atoms with Gasteiger partial charge in [-0.1, -0.05) is 5.16 Å². The predicted molar refractivity (Wildman–Crippen MR) is 74.3 cm³/mol. The van der Waals surface area contributed by atoms with Gasteiger partial charge in [-0.15, -0.1) is 0 Å². The molecule has 20 heavy (non-hydrogen) atoms. The second-order valence-electron chi connectivity index (χ2n) is 6.26. The number of hydrogen-bond acceptors (Lipinski definition) is 6. The second-order valence-corrected chi connectivity index (χ2v) is 6.26. The summed E-state index contributed by atoms with van der Waals surface area (Å²) in [6.07, 6.45) is 2.29. The number of nitrogens with one attached hydrogen (secondary N) is 1. The normalized spacial score (nSPS) is 28.9. The van der Waals surface area contributed by atoms with Gasteiger partial charge in [-0.05, 0) is 33.6 Å².